The van der Waals surface area contributed by atoms with Crippen LogP contribution >= 0.6 is 0 Å². The Morgan fingerprint density at radius 3 is 2.06 bits per heavy atom. The van der Waals surface area contributed by atoms with E-state index in [2.05, 4.69) is 5.32 Å². The van der Waals surface area contributed by atoms with Crippen molar-refractivity contribution in [2.75, 3.05) is 33.8 Å². The minimum Gasteiger partial charge on any atom is -0.496 e. The fourth-order valence-electron chi connectivity index (χ4n) is 3.17. The molecule has 0 saturated heterocycles. The lowest BCUT2D eigenvalue weighted by Gasteiger charge is -2.24. The third-order valence-electron chi connectivity index (χ3n) is 4.91. The number of nitrogens with one attached hydrogen (secondary N) is 1. The summed E-state index contributed by atoms with van der Waals surface area (Å²) in [5, 5.41) is 4.26. The fourth-order valence-corrected chi connectivity index (χ4v) is 4.07. The van der Waals surface area contributed by atoms with Crippen LogP contribution in [0, 0.1) is 0 Å². The second kappa shape index (κ2) is 12.3. The normalized spacial score (nSPS) is 12.1. The van der Waals surface area contributed by atoms with Gasteiger partial charge in [0.2, 0.25) is 0 Å². The minimum atomic E-state index is -1.40. The lowest BCUT2D eigenvalue weighted by molar-refractivity contribution is -0.160. The highest BCUT2D eigenvalue weighted by Crippen LogP contribution is 2.35. The molecule has 0 aromatic heterocycles. The second-order valence-electron chi connectivity index (χ2n) is 7.87. The summed E-state index contributed by atoms with van der Waals surface area (Å²) in [6, 6.07) is 8.51. The van der Waals surface area contributed by atoms with Gasteiger partial charge in [-0.25, -0.2) is 0 Å². The number of carbonyl (C=O) groups is 2. The molecule has 1 unspecified atom stereocenters. The number of hydrogen-bond donors (Lipinski definition) is 1. The minimum absolute atomic E-state index is 0.178. The molecule has 0 heterocycles. The van der Waals surface area contributed by atoms with Gasteiger partial charge in [0.25, 0.3) is 5.91 Å². The number of methoxy groups -OCH3 is 4. The number of ether oxygens (including phenoxy) is 5. The SMILES string of the molecule is COc1cc(OC)c(C=CS(=O)Cc2ccc(OC)c(NC(=O)C(C)(C)OC(C)=O)c2)c(OC)c1. The molecule has 9 nitrogen and oxygen atoms in total. The van der Waals surface area contributed by atoms with Crippen molar-refractivity contribution in [3.63, 3.8) is 0 Å². The van der Waals surface area contributed by atoms with Gasteiger partial charge in [-0.1, -0.05) is 6.07 Å². The highest BCUT2D eigenvalue weighted by molar-refractivity contribution is 7.87. The average molecular weight is 506 g/mol. The summed E-state index contributed by atoms with van der Waals surface area (Å²) in [5.74, 6) is 1.09. The first-order chi connectivity index (χ1) is 16.5. The Labute approximate surface area is 207 Å². The molecule has 0 aliphatic carbocycles. The maximum Gasteiger partial charge on any atom is 0.303 e. The van der Waals surface area contributed by atoms with Gasteiger partial charge in [-0.2, -0.15) is 0 Å². The molecule has 0 radical (unpaired) electrons. The molecule has 10 heteroatoms. The van der Waals surface area contributed by atoms with Crippen molar-refractivity contribution in [1.82, 2.24) is 0 Å². The molecule has 2 aromatic carbocycles. The highest BCUT2D eigenvalue weighted by atomic mass is 32.2. The number of benzene rings is 2. The zero-order chi connectivity index (χ0) is 26.2. The molecule has 0 aliphatic heterocycles. The van der Waals surface area contributed by atoms with Crippen molar-refractivity contribution in [1.29, 1.82) is 0 Å². The van der Waals surface area contributed by atoms with E-state index in [-0.39, 0.29) is 5.75 Å². The molecule has 1 atom stereocenters. The fraction of sp³-hybridized carbons (Fsp3) is 0.360. The molecule has 1 N–H and O–H groups in total. The van der Waals surface area contributed by atoms with Crippen molar-refractivity contribution in [2.45, 2.75) is 32.1 Å². The Morgan fingerprint density at radius 1 is 0.943 bits per heavy atom. The molecular formula is C25H31NO8S. The topological polar surface area (TPSA) is 109 Å². The van der Waals surface area contributed by atoms with Gasteiger partial charge in [0, 0.05) is 24.5 Å². The quantitative estimate of drug-likeness (QED) is 0.458. The number of amides is 1. The lowest BCUT2D eigenvalue weighted by atomic mass is 10.1. The number of anilines is 1. The molecule has 0 spiro atoms. The van der Waals surface area contributed by atoms with Gasteiger partial charge in [-0.05, 0) is 37.6 Å². The zero-order valence-corrected chi connectivity index (χ0v) is 21.7. The maximum atomic E-state index is 12.8. The Bertz CT molecular complexity index is 1100. The van der Waals surface area contributed by atoms with Crippen LogP contribution in [0.25, 0.3) is 6.08 Å². The summed E-state index contributed by atoms with van der Waals surface area (Å²) in [6.07, 6.45) is 1.67. The lowest BCUT2D eigenvalue weighted by Crippen LogP contribution is -2.41. The van der Waals surface area contributed by atoms with Gasteiger partial charge < -0.3 is 29.0 Å². The van der Waals surface area contributed by atoms with Gasteiger partial charge in [-0.3, -0.25) is 13.8 Å². The first-order valence-electron chi connectivity index (χ1n) is 10.6. The van der Waals surface area contributed by atoms with Crippen molar-refractivity contribution in [3.05, 3.63) is 46.9 Å². The summed E-state index contributed by atoms with van der Waals surface area (Å²) in [6.45, 7) is 4.21. The van der Waals surface area contributed by atoms with Crippen LogP contribution in [-0.4, -0.2) is 50.1 Å². The van der Waals surface area contributed by atoms with Crippen molar-refractivity contribution >= 4 is 34.4 Å². The van der Waals surface area contributed by atoms with Crippen LogP contribution in [0.15, 0.2) is 35.7 Å². The van der Waals surface area contributed by atoms with E-state index in [9.17, 15) is 13.8 Å². The molecule has 190 valence electrons. The summed E-state index contributed by atoms with van der Waals surface area (Å²) >= 11 is 0. The van der Waals surface area contributed by atoms with E-state index >= 15 is 0 Å². The Hall–Kier alpha value is -3.53. The third kappa shape index (κ3) is 7.48. The molecule has 2 aromatic rings. The van der Waals surface area contributed by atoms with Crippen LogP contribution in [0.2, 0.25) is 0 Å². The molecule has 2 rings (SSSR count). The molecule has 0 saturated carbocycles. The number of hydrogen-bond acceptors (Lipinski definition) is 8. The molecule has 0 fully saturated rings. The van der Waals surface area contributed by atoms with E-state index < -0.39 is 28.3 Å². The van der Waals surface area contributed by atoms with E-state index in [1.807, 2.05) is 0 Å². The monoisotopic (exact) mass is 505 g/mol. The first kappa shape index (κ1) is 27.7. The van der Waals surface area contributed by atoms with Crippen LogP contribution < -0.4 is 24.3 Å². The van der Waals surface area contributed by atoms with Crippen LogP contribution in [0.3, 0.4) is 0 Å². The molecular weight excluding hydrogens is 474 g/mol. The van der Waals surface area contributed by atoms with Gasteiger partial charge in [0.05, 0.1) is 56.2 Å². The summed E-state index contributed by atoms with van der Waals surface area (Å²) < 4.78 is 39.3. The van der Waals surface area contributed by atoms with Crippen molar-refractivity contribution in [3.8, 4) is 23.0 Å². The van der Waals surface area contributed by atoms with Gasteiger partial charge >= 0.3 is 5.97 Å². The van der Waals surface area contributed by atoms with Crippen LogP contribution in [0.5, 0.6) is 23.0 Å². The molecule has 35 heavy (non-hydrogen) atoms. The Balaban J connectivity index is 2.24. The van der Waals surface area contributed by atoms with Gasteiger partial charge in [0.1, 0.15) is 23.0 Å². The average Bonchev–Trinajstić information content (AvgIpc) is 2.81. The predicted octanol–water partition coefficient (Wildman–Crippen LogP) is 3.92. The second-order valence-corrected chi connectivity index (χ2v) is 9.19. The zero-order valence-electron chi connectivity index (χ0n) is 20.9. The maximum absolute atomic E-state index is 12.8. The molecule has 0 bridgehead atoms. The standard InChI is InChI=1S/C25H31NO8S/c1-16(27)34-25(2,3)24(28)26-20-12-17(8-9-21(20)31-5)15-35(29)11-10-19-22(32-6)13-18(30-4)14-23(19)33-7/h8-14H,15H2,1-7H3,(H,26,28). The number of carbonyl (C=O) groups excluding carboxylic acids is 2. The van der Waals surface area contributed by atoms with Gasteiger partial charge in [0.15, 0.2) is 5.60 Å². The molecule has 0 aliphatic rings. The summed E-state index contributed by atoms with van der Waals surface area (Å²) in [4.78, 5) is 24.0. The van der Waals surface area contributed by atoms with E-state index in [4.69, 9.17) is 23.7 Å². The molecule has 1 amide bonds. The predicted molar refractivity (Wildman–Crippen MR) is 134 cm³/mol. The first-order valence-corrected chi connectivity index (χ1v) is 12.0. The van der Waals surface area contributed by atoms with Crippen molar-refractivity contribution in [2.24, 2.45) is 0 Å². The number of rotatable bonds is 11. The highest BCUT2D eigenvalue weighted by Gasteiger charge is 2.31. The van der Waals surface area contributed by atoms with E-state index in [0.29, 0.717) is 39.8 Å². The van der Waals surface area contributed by atoms with Gasteiger partial charge in [-0.15, -0.1) is 0 Å². The Morgan fingerprint density at radius 2 is 1.54 bits per heavy atom. The largest absolute Gasteiger partial charge is 0.496 e. The summed E-state index contributed by atoms with van der Waals surface area (Å²) in [5.41, 5.74) is 0.312. The smallest absolute Gasteiger partial charge is 0.303 e. The van der Waals surface area contributed by atoms with E-state index in [1.54, 1.807) is 48.9 Å². The van der Waals surface area contributed by atoms with Crippen LogP contribution in [0.1, 0.15) is 31.9 Å². The van der Waals surface area contributed by atoms with Crippen molar-refractivity contribution < 1.29 is 37.5 Å². The third-order valence-corrected chi connectivity index (χ3v) is 5.96. The van der Waals surface area contributed by atoms with E-state index in [0.717, 1.165) is 0 Å². The Kier molecular flexibility index (Phi) is 9.70. The van der Waals surface area contributed by atoms with Crippen LogP contribution in [0.4, 0.5) is 5.69 Å². The summed E-state index contributed by atoms with van der Waals surface area (Å²) in [7, 11) is 4.67. The number of esters is 1. The van der Waals surface area contributed by atoms with E-state index in [1.165, 1.54) is 42.1 Å². The van der Waals surface area contributed by atoms with Crippen LogP contribution in [-0.2, 0) is 30.9 Å².